The van der Waals surface area contributed by atoms with Crippen molar-refractivity contribution in [3.63, 3.8) is 0 Å². The molecule has 0 saturated heterocycles. The molecular weight excluding hydrogens is 404 g/mol. The number of aryl methyl sites for hydroxylation is 1. The lowest BCUT2D eigenvalue weighted by Crippen LogP contribution is -2.13. The van der Waals surface area contributed by atoms with E-state index < -0.39 is 0 Å². The SMILES string of the molecule is CC1CCc2c(sc3nc(SCc4nc(Cc5ccccc5)no4)[nH]c(=O)c23)C1. The van der Waals surface area contributed by atoms with Crippen LogP contribution in [0.1, 0.15) is 41.1 Å². The van der Waals surface area contributed by atoms with Crippen LogP contribution in [0.4, 0.5) is 0 Å². The van der Waals surface area contributed by atoms with E-state index in [1.807, 2.05) is 30.3 Å². The highest BCUT2D eigenvalue weighted by Gasteiger charge is 2.23. The lowest BCUT2D eigenvalue weighted by molar-refractivity contribution is 0.385. The molecule has 6 nitrogen and oxygen atoms in total. The van der Waals surface area contributed by atoms with Crippen LogP contribution in [0.2, 0.25) is 0 Å². The van der Waals surface area contributed by atoms with E-state index in [1.54, 1.807) is 11.3 Å². The van der Waals surface area contributed by atoms with Crippen molar-refractivity contribution in [3.8, 4) is 0 Å². The molecule has 1 aliphatic rings. The number of aromatic amines is 1. The van der Waals surface area contributed by atoms with E-state index in [0.29, 0.717) is 35.0 Å². The average molecular weight is 425 g/mol. The standard InChI is InChI=1S/C21H20N4O2S2/c1-12-7-8-14-15(9-12)29-20-18(14)19(26)23-21(24-20)28-11-17-22-16(25-27-17)10-13-5-3-2-4-6-13/h2-6,12H,7-11H2,1H3,(H,23,24,26). The molecule has 3 heterocycles. The molecule has 0 amide bonds. The number of aromatic nitrogens is 4. The van der Waals surface area contributed by atoms with E-state index in [4.69, 9.17) is 9.51 Å². The molecule has 0 radical (unpaired) electrons. The molecule has 0 saturated carbocycles. The van der Waals surface area contributed by atoms with Gasteiger partial charge in [0.1, 0.15) is 4.83 Å². The van der Waals surface area contributed by atoms with Gasteiger partial charge in [-0.2, -0.15) is 4.98 Å². The van der Waals surface area contributed by atoms with Crippen LogP contribution in [0.3, 0.4) is 0 Å². The summed E-state index contributed by atoms with van der Waals surface area (Å²) in [7, 11) is 0. The van der Waals surface area contributed by atoms with E-state index in [1.165, 1.54) is 22.2 Å². The van der Waals surface area contributed by atoms with Crippen molar-refractivity contribution in [2.75, 3.05) is 0 Å². The van der Waals surface area contributed by atoms with Gasteiger partial charge in [0, 0.05) is 11.3 Å². The molecule has 0 aliphatic heterocycles. The van der Waals surface area contributed by atoms with Crippen LogP contribution in [0.25, 0.3) is 10.2 Å². The maximum Gasteiger partial charge on any atom is 0.260 e. The van der Waals surface area contributed by atoms with Gasteiger partial charge in [-0.25, -0.2) is 4.98 Å². The fourth-order valence-corrected chi connectivity index (χ4v) is 5.87. The Hall–Kier alpha value is -2.45. The molecule has 0 spiro atoms. The highest BCUT2D eigenvalue weighted by molar-refractivity contribution is 7.98. The van der Waals surface area contributed by atoms with Gasteiger partial charge in [0.2, 0.25) is 5.89 Å². The van der Waals surface area contributed by atoms with Crippen LogP contribution in [-0.4, -0.2) is 20.1 Å². The minimum Gasteiger partial charge on any atom is -0.338 e. The Balaban J connectivity index is 1.32. The van der Waals surface area contributed by atoms with Gasteiger partial charge in [0.25, 0.3) is 5.56 Å². The number of H-pyrrole nitrogens is 1. The first-order chi connectivity index (χ1) is 14.2. The number of hydrogen-bond acceptors (Lipinski definition) is 7. The van der Waals surface area contributed by atoms with Crippen molar-refractivity contribution < 1.29 is 4.52 Å². The van der Waals surface area contributed by atoms with Gasteiger partial charge in [-0.05, 0) is 36.3 Å². The summed E-state index contributed by atoms with van der Waals surface area (Å²) in [6.45, 7) is 2.27. The van der Waals surface area contributed by atoms with E-state index in [-0.39, 0.29) is 5.56 Å². The van der Waals surface area contributed by atoms with Crippen molar-refractivity contribution in [3.05, 3.63) is 68.4 Å². The van der Waals surface area contributed by atoms with Crippen molar-refractivity contribution in [2.45, 2.75) is 43.5 Å². The Kier molecular flexibility index (Phi) is 4.97. The van der Waals surface area contributed by atoms with Gasteiger partial charge in [0.15, 0.2) is 11.0 Å². The topological polar surface area (TPSA) is 84.7 Å². The lowest BCUT2D eigenvalue weighted by Gasteiger charge is -2.17. The molecule has 1 aromatic carbocycles. The minimum absolute atomic E-state index is 0.0418. The predicted molar refractivity (Wildman–Crippen MR) is 115 cm³/mol. The molecule has 5 rings (SSSR count). The van der Waals surface area contributed by atoms with Crippen molar-refractivity contribution in [2.24, 2.45) is 5.92 Å². The van der Waals surface area contributed by atoms with Gasteiger partial charge in [-0.1, -0.05) is 54.2 Å². The van der Waals surface area contributed by atoms with E-state index in [2.05, 4.69) is 22.0 Å². The van der Waals surface area contributed by atoms with E-state index in [0.717, 1.165) is 35.0 Å². The molecule has 3 aromatic heterocycles. The van der Waals surface area contributed by atoms with Crippen LogP contribution in [0.15, 0.2) is 44.8 Å². The molecule has 148 valence electrons. The summed E-state index contributed by atoms with van der Waals surface area (Å²) >= 11 is 3.08. The van der Waals surface area contributed by atoms with Crippen LogP contribution in [0, 0.1) is 5.92 Å². The summed E-state index contributed by atoms with van der Waals surface area (Å²) in [5, 5.41) is 5.43. The second kappa shape index (κ2) is 7.76. The van der Waals surface area contributed by atoms with Gasteiger partial charge in [0.05, 0.1) is 11.1 Å². The fraction of sp³-hybridized carbons (Fsp3) is 0.333. The number of nitrogens with one attached hydrogen (secondary N) is 1. The summed E-state index contributed by atoms with van der Waals surface area (Å²) in [6, 6.07) is 10.0. The average Bonchev–Trinajstić information content (AvgIpc) is 3.30. The second-order valence-corrected chi connectivity index (χ2v) is 9.51. The third-order valence-corrected chi connectivity index (χ3v) is 7.20. The maximum atomic E-state index is 12.7. The smallest absolute Gasteiger partial charge is 0.260 e. The Bertz CT molecular complexity index is 1210. The zero-order chi connectivity index (χ0) is 19.8. The van der Waals surface area contributed by atoms with Gasteiger partial charge in [-0.3, -0.25) is 4.79 Å². The predicted octanol–water partition coefficient (Wildman–Crippen LogP) is 4.38. The number of fused-ring (bicyclic) bond motifs is 3. The van der Waals surface area contributed by atoms with Crippen LogP contribution >= 0.6 is 23.1 Å². The highest BCUT2D eigenvalue weighted by Crippen LogP contribution is 2.36. The first-order valence-electron chi connectivity index (χ1n) is 9.68. The highest BCUT2D eigenvalue weighted by atomic mass is 32.2. The molecule has 1 N–H and O–H groups in total. The summed E-state index contributed by atoms with van der Waals surface area (Å²) in [4.78, 5) is 26.9. The number of thiophene rings is 1. The first kappa shape index (κ1) is 18.6. The zero-order valence-corrected chi connectivity index (χ0v) is 17.6. The summed E-state index contributed by atoms with van der Waals surface area (Å²) in [6.07, 6.45) is 3.79. The number of hydrogen-bond donors (Lipinski definition) is 1. The van der Waals surface area contributed by atoms with E-state index in [9.17, 15) is 4.79 Å². The van der Waals surface area contributed by atoms with Gasteiger partial charge in [-0.15, -0.1) is 11.3 Å². The number of nitrogens with zero attached hydrogens (tertiary/aromatic N) is 3. The molecule has 0 bridgehead atoms. The summed E-state index contributed by atoms with van der Waals surface area (Å²) in [5.41, 5.74) is 2.30. The third-order valence-electron chi connectivity index (χ3n) is 5.19. The molecular formula is C21H20N4O2S2. The first-order valence-corrected chi connectivity index (χ1v) is 11.5. The zero-order valence-electron chi connectivity index (χ0n) is 16.0. The van der Waals surface area contributed by atoms with Crippen molar-refractivity contribution in [1.82, 2.24) is 20.1 Å². The maximum absolute atomic E-state index is 12.7. The second-order valence-electron chi connectivity index (χ2n) is 7.46. The number of thioether (sulfide) groups is 1. The Labute approximate surface area is 175 Å². The quantitative estimate of drug-likeness (QED) is 0.378. The Morgan fingerprint density at radius 1 is 1.28 bits per heavy atom. The molecule has 0 fully saturated rings. The third kappa shape index (κ3) is 3.86. The normalized spacial score (nSPS) is 16.2. The largest absolute Gasteiger partial charge is 0.338 e. The number of rotatable bonds is 5. The Morgan fingerprint density at radius 3 is 3.00 bits per heavy atom. The molecule has 1 atom stereocenters. The molecule has 1 aliphatic carbocycles. The van der Waals surface area contributed by atoms with Crippen LogP contribution in [0.5, 0.6) is 0 Å². The van der Waals surface area contributed by atoms with Crippen molar-refractivity contribution >= 4 is 33.3 Å². The molecule has 1 unspecified atom stereocenters. The molecule has 4 aromatic rings. The molecule has 8 heteroatoms. The van der Waals surface area contributed by atoms with E-state index >= 15 is 0 Å². The lowest BCUT2D eigenvalue weighted by atomic mass is 9.89. The minimum atomic E-state index is -0.0418. The number of benzene rings is 1. The van der Waals surface area contributed by atoms with Gasteiger partial charge >= 0.3 is 0 Å². The Morgan fingerprint density at radius 2 is 2.14 bits per heavy atom. The molecule has 29 heavy (non-hydrogen) atoms. The van der Waals surface area contributed by atoms with Crippen LogP contribution < -0.4 is 5.56 Å². The summed E-state index contributed by atoms with van der Waals surface area (Å²) < 4.78 is 5.36. The van der Waals surface area contributed by atoms with Crippen LogP contribution in [-0.2, 0) is 25.0 Å². The van der Waals surface area contributed by atoms with Gasteiger partial charge < -0.3 is 9.51 Å². The van der Waals surface area contributed by atoms with Crippen molar-refractivity contribution in [1.29, 1.82) is 0 Å². The fourth-order valence-electron chi connectivity index (χ4n) is 3.73. The monoisotopic (exact) mass is 424 g/mol. The summed E-state index contributed by atoms with van der Waals surface area (Å²) in [5.74, 6) is 2.33.